The molecule has 0 bridgehead atoms. The maximum absolute atomic E-state index is 5.89. The van der Waals surface area contributed by atoms with Crippen molar-refractivity contribution in [3.8, 4) is 6.01 Å². The number of nitrogens with zero attached hydrogens (tertiary/aromatic N) is 3. The number of nitrogens with one attached hydrogen (secondary N) is 1. The zero-order valence-corrected chi connectivity index (χ0v) is 10.5. The minimum absolute atomic E-state index is 0.107. The summed E-state index contributed by atoms with van der Waals surface area (Å²) in [5.41, 5.74) is 6.54. The summed E-state index contributed by atoms with van der Waals surface area (Å²) in [5, 5.41) is 3.71. The molecule has 94 valence electrons. The van der Waals surface area contributed by atoms with E-state index in [9.17, 15) is 0 Å². The predicted octanol–water partition coefficient (Wildman–Crippen LogP) is 1.73. The molecule has 18 heavy (non-hydrogen) atoms. The van der Waals surface area contributed by atoms with E-state index < -0.39 is 0 Å². The first kappa shape index (κ1) is 12.4. The van der Waals surface area contributed by atoms with E-state index in [1.54, 1.807) is 0 Å². The number of nitrogen functional groups attached to an aromatic ring is 1. The Labute approximate surface area is 109 Å². The van der Waals surface area contributed by atoms with E-state index in [1.807, 2.05) is 24.3 Å². The van der Waals surface area contributed by atoms with Crippen LogP contribution < -0.4 is 15.8 Å². The van der Waals surface area contributed by atoms with Crippen LogP contribution in [0.3, 0.4) is 0 Å². The summed E-state index contributed by atoms with van der Waals surface area (Å²) >= 11 is 5.89. The van der Waals surface area contributed by atoms with Crippen LogP contribution in [0.1, 0.15) is 5.56 Å². The molecule has 7 heteroatoms. The number of anilines is 2. The van der Waals surface area contributed by atoms with E-state index in [0.717, 1.165) is 5.56 Å². The van der Waals surface area contributed by atoms with Crippen LogP contribution in [0.25, 0.3) is 0 Å². The van der Waals surface area contributed by atoms with Crippen molar-refractivity contribution >= 4 is 23.5 Å². The summed E-state index contributed by atoms with van der Waals surface area (Å²) in [7, 11) is 1.47. The van der Waals surface area contributed by atoms with E-state index >= 15 is 0 Å². The SMILES string of the molecule is COc1nc(N)nc(NCc2cccc(Cl)c2)n1. The second-order valence-corrected chi connectivity index (χ2v) is 3.92. The van der Waals surface area contributed by atoms with Gasteiger partial charge in [-0.1, -0.05) is 23.7 Å². The Bertz CT molecular complexity index is 549. The first-order valence-electron chi connectivity index (χ1n) is 5.21. The van der Waals surface area contributed by atoms with Gasteiger partial charge in [-0.15, -0.1) is 0 Å². The normalized spacial score (nSPS) is 10.1. The predicted molar refractivity (Wildman–Crippen MR) is 69.6 cm³/mol. The third-order valence-electron chi connectivity index (χ3n) is 2.15. The molecule has 0 aliphatic heterocycles. The van der Waals surface area contributed by atoms with Crippen LogP contribution in [0.15, 0.2) is 24.3 Å². The molecule has 2 rings (SSSR count). The second kappa shape index (κ2) is 5.50. The number of halogens is 1. The van der Waals surface area contributed by atoms with Gasteiger partial charge in [0.05, 0.1) is 7.11 Å². The summed E-state index contributed by atoms with van der Waals surface area (Å²) in [6.45, 7) is 0.535. The molecule has 0 atom stereocenters. The number of methoxy groups -OCH3 is 1. The van der Waals surface area contributed by atoms with Crippen LogP contribution in [0, 0.1) is 0 Å². The van der Waals surface area contributed by atoms with Crippen LogP contribution in [-0.2, 0) is 6.54 Å². The maximum Gasteiger partial charge on any atom is 0.322 e. The lowest BCUT2D eigenvalue weighted by atomic mass is 10.2. The van der Waals surface area contributed by atoms with E-state index in [2.05, 4.69) is 20.3 Å². The molecule has 0 saturated carbocycles. The zero-order valence-electron chi connectivity index (χ0n) is 9.72. The number of hydrogen-bond acceptors (Lipinski definition) is 6. The van der Waals surface area contributed by atoms with Gasteiger partial charge in [-0.25, -0.2) is 0 Å². The molecule has 0 aliphatic carbocycles. The van der Waals surface area contributed by atoms with Gasteiger partial charge in [-0.2, -0.15) is 15.0 Å². The minimum atomic E-state index is 0.107. The summed E-state index contributed by atoms with van der Waals surface area (Å²) in [4.78, 5) is 11.8. The molecule has 0 unspecified atom stereocenters. The van der Waals surface area contributed by atoms with Gasteiger partial charge >= 0.3 is 6.01 Å². The highest BCUT2D eigenvalue weighted by Crippen LogP contribution is 2.13. The Morgan fingerprint density at radius 1 is 1.33 bits per heavy atom. The van der Waals surface area contributed by atoms with Crippen LogP contribution >= 0.6 is 11.6 Å². The fraction of sp³-hybridized carbons (Fsp3) is 0.182. The molecule has 0 aliphatic rings. The fourth-order valence-corrected chi connectivity index (χ4v) is 1.58. The number of hydrogen-bond donors (Lipinski definition) is 2. The average molecular weight is 266 g/mol. The van der Waals surface area contributed by atoms with Gasteiger partial charge in [0.1, 0.15) is 0 Å². The molecule has 6 nitrogen and oxygen atoms in total. The molecule has 0 spiro atoms. The van der Waals surface area contributed by atoms with Crippen molar-refractivity contribution in [1.82, 2.24) is 15.0 Å². The second-order valence-electron chi connectivity index (χ2n) is 3.49. The number of rotatable bonds is 4. The fourth-order valence-electron chi connectivity index (χ4n) is 1.37. The average Bonchev–Trinajstić information content (AvgIpc) is 2.36. The lowest BCUT2D eigenvalue weighted by Gasteiger charge is -2.06. The molecule has 1 aromatic carbocycles. The molecule has 0 radical (unpaired) electrons. The Morgan fingerprint density at radius 2 is 2.17 bits per heavy atom. The highest BCUT2D eigenvalue weighted by atomic mass is 35.5. The van der Waals surface area contributed by atoms with Gasteiger partial charge in [0.25, 0.3) is 0 Å². The molecule has 1 heterocycles. The van der Waals surface area contributed by atoms with Crippen LogP contribution in [-0.4, -0.2) is 22.1 Å². The highest BCUT2D eigenvalue weighted by molar-refractivity contribution is 6.30. The third kappa shape index (κ3) is 3.21. The van der Waals surface area contributed by atoms with Gasteiger partial charge in [0, 0.05) is 11.6 Å². The number of nitrogens with two attached hydrogens (primary N) is 1. The lowest BCUT2D eigenvalue weighted by Crippen LogP contribution is -2.08. The summed E-state index contributed by atoms with van der Waals surface area (Å²) in [6.07, 6.45) is 0. The number of ether oxygens (including phenoxy) is 1. The van der Waals surface area contributed by atoms with E-state index in [1.165, 1.54) is 7.11 Å². The van der Waals surface area contributed by atoms with E-state index in [0.29, 0.717) is 17.5 Å². The first-order chi connectivity index (χ1) is 8.67. The lowest BCUT2D eigenvalue weighted by molar-refractivity contribution is 0.379. The summed E-state index contributed by atoms with van der Waals surface area (Å²) in [5.74, 6) is 0.467. The monoisotopic (exact) mass is 265 g/mol. The number of aromatic nitrogens is 3. The van der Waals surface area contributed by atoms with E-state index in [4.69, 9.17) is 22.1 Å². The van der Waals surface area contributed by atoms with Gasteiger partial charge in [0.2, 0.25) is 11.9 Å². The van der Waals surface area contributed by atoms with Gasteiger partial charge in [-0.05, 0) is 17.7 Å². The Balaban J connectivity index is 2.08. The molecule has 0 amide bonds. The van der Waals surface area contributed by atoms with Crippen molar-refractivity contribution in [2.75, 3.05) is 18.2 Å². The minimum Gasteiger partial charge on any atom is -0.467 e. The molecule has 2 aromatic rings. The van der Waals surface area contributed by atoms with E-state index in [-0.39, 0.29) is 12.0 Å². The van der Waals surface area contributed by atoms with Crippen molar-refractivity contribution in [2.45, 2.75) is 6.54 Å². The van der Waals surface area contributed by atoms with Crippen LogP contribution in [0.4, 0.5) is 11.9 Å². The van der Waals surface area contributed by atoms with Gasteiger partial charge in [0.15, 0.2) is 0 Å². The van der Waals surface area contributed by atoms with Crippen molar-refractivity contribution in [3.63, 3.8) is 0 Å². The van der Waals surface area contributed by atoms with Crippen LogP contribution in [0.5, 0.6) is 6.01 Å². The third-order valence-corrected chi connectivity index (χ3v) is 2.39. The summed E-state index contributed by atoms with van der Waals surface area (Å²) in [6, 6.07) is 7.67. The maximum atomic E-state index is 5.89. The largest absolute Gasteiger partial charge is 0.467 e. The van der Waals surface area contributed by atoms with Crippen LogP contribution in [0.2, 0.25) is 5.02 Å². The van der Waals surface area contributed by atoms with Gasteiger partial charge in [-0.3, -0.25) is 0 Å². The quantitative estimate of drug-likeness (QED) is 0.876. The zero-order chi connectivity index (χ0) is 13.0. The Hall–Kier alpha value is -2.08. The topological polar surface area (TPSA) is 86.0 Å². The first-order valence-corrected chi connectivity index (χ1v) is 5.59. The Morgan fingerprint density at radius 3 is 2.89 bits per heavy atom. The highest BCUT2D eigenvalue weighted by Gasteiger charge is 2.04. The molecular weight excluding hydrogens is 254 g/mol. The molecule has 0 fully saturated rings. The van der Waals surface area contributed by atoms with Crippen molar-refractivity contribution in [3.05, 3.63) is 34.9 Å². The van der Waals surface area contributed by atoms with Crippen molar-refractivity contribution < 1.29 is 4.74 Å². The smallest absolute Gasteiger partial charge is 0.322 e. The standard InChI is InChI=1S/C11H12ClN5O/c1-18-11-16-9(13)15-10(17-11)14-6-7-3-2-4-8(12)5-7/h2-5H,6H2,1H3,(H3,13,14,15,16,17). The van der Waals surface area contributed by atoms with Crippen molar-refractivity contribution in [2.24, 2.45) is 0 Å². The summed E-state index contributed by atoms with van der Waals surface area (Å²) < 4.78 is 4.90. The van der Waals surface area contributed by atoms with Crippen molar-refractivity contribution in [1.29, 1.82) is 0 Å². The van der Waals surface area contributed by atoms with Gasteiger partial charge < -0.3 is 15.8 Å². The molecular formula is C11H12ClN5O. The molecule has 0 saturated heterocycles. The molecule has 3 N–H and O–H groups in total. The Kier molecular flexibility index (Phi) is 3.78. The number of benzene rings is 1. The molecule has 1 aromatic heterocycles.